The minimum Gasteiger partial charge on any atom is -0.497 e. The van der Waals surface area contributed by atoms with Gasteiger partial charge in [0.1, 0.15) is 5.75 Å². The number of methoxy groups -OCH3 is 2. The van der Waals surface area contributed by atoms with E-state index in [0.717, 1.165) is 17.9 Å². The van der Waals surface area contributed by atoms with Crippen LogP contribution in [0.4, 0.5) is 0 Å². The number of amides is 1. The van der Waals surface area contributed by atoms with Gasteiger partial charge in [0.05, 0.1) is 14.2 Å². The highest BCUT2D eigenvalue weighted by Gasteiger charge is 2.15. The number of nitrogens with one attached hydrogen (secondary N) is 2. The van der Waals surface area contributed by atoms with E-state index < -0.39 is 0 Å². The second kappa shape index (κ2) is 11.5. The molecular formula is C22H31ClN2O4. The van der Waals surface area contributed by atoms with Gasteiger partial charge in [-0.2, -0.15) is 0 Å². The van der Waals surface area contributed by atoms with Crippen LogP contribution in [0.15, 0.2) is 42.5 Å². The molecule has 2 aromatic rings. The molecule has 0 spiro atoms. The molecule has 0 aliphatic rings. The zero-order valence-corrected chi connectivity index (χ0v) is 18.5. The molecule has 1 amide bonds. The number of carbonyl (C=O) groups is 1. The highest BCUT2D eigenvalue weighted by molar-refractivity contribution is 5.85. The zero-order valence-electron chi connectivity index (χ0n) is 17.7. The molecule has 2 N–H and O–H groups in total. The fourth-order valence-electron chi connectivity index (χ4n) is 2.63. The first kappa shape index (κ1) is 24.6. The standard InChI is InChI=1S/C22H30N2O4.ClH/c1-22(2,3)24-21(25)15-28-19-11-8-17(12-20(19)27-5)14-23-13-16-6-9-18(26-4)10-7-16;/h6-12,23H,13-15H2,1-5H3,(H,24,25);1H. The van der Waals surface area contributed by atoms with E-state index in [1.54, 1.807) is 14.2 Å². The summed E-state index contributed by atoms with van der Waals surface area (Å²) in [5.41, 5.74) is 1.96. The van der Waals surface area contributed by atoms with Crippen molar-refractivity contribution in [2.24, 2.45) is 0 Å². The van der Waals surface area contributed by atoms with Gasteiger partial charge in [0.25, 0.3) is 5.91 Å². The van der Waals surface area contributed by atoms with Crippen LogP contribution in [-0.4, -0.2) is 32.3 Å². The smallest absolute Gasteiger partial charge is 0.258 e. The lowest BCUT2D eigenvalue weighted by Gasteiger charge is -2.20. The van der Waals surface area contributed by atoms with Crippen LogP contribution in [0.5, 0.6) is 17.2 Å². The van der Waals surface area contributed by atoms with E-state index in [2.05, 4.69) is 10.6 Å². The maximum absolute atomic E-state index is 11.9. The summed E-state index contributed by atoms with van der Waals surface area (Å²) in [6, 6.07) is 13.7. The van der Waals surface area contributed by atoms with Crippen molar-refractivity contribution in [2.75, 3.05) is 20.8 Å². The van der Waals surface area contributed by atoms with Crippen LogP contribution in [0.3, 0.4) is 0 Å². The van der Waals surface area contributed by atoms with Crippen molar-refractivity contribution in [3.63, 3.8) is 0 Å². The van der Waals surface area contributed by atoms with Crippen molar-refractivity contribution in [1.29, 1.82) is 0 Å². The van der Waals surface area contributed by atoms with Crippen LogP contribution >= 0.6 is 12.4 Å². The molecule has 0 radical (unpaired) electrons. The van der Waals surface area contributed by atoms with Crippen LogP contribution in [0.2, 0.25) is 0 Å². The average Bonchev–Trinajstić information content (AvgIpc) is 2.66. The van der Waals surface area contributed by atoms with Gasteiger partial charge in [-0.1, -0.05) is 18.2 Å². The van der Waals surface area contributed by atoms with Crippen LogP contribution in [0.1, 0.15) is 31.9 Å². The summed E-state index contributed by atoms with van der Waals surface area (Å²) < 4.78 is 16.2. The fraction of sp³-hybridized carbons (Fsp3) is 0.409. The van der Waals surface area contributed by atoms with Crippen LogP contribution in [-0.2, 0) is 17.9 Å². The second-order valence-electron chi connectivity index (χ2n) is 7.52. The lowest BCUT2D eigenvalue weighted by Crippen LogP contribution is -2.43. The summed E-state index contributed by atoms with van der Waals surface area (Å²) in [7, 11) is 3.25. The minimum absolute atomic E-state index is 0. The van der Waals surface area contributed by atoms with E-state index in [-0.39, 0.29) is 30.5 Å². The molecule has 0 bridgehead atoms. The Balaban J connectivity index is 0.00000420. The zero-order chi connectivity index (χ0) is 20.6. The number of benzene rings is 2. The molecule has 29 heavy (non-hydrogen) atoms. The third kappa shape index (κ3) is 8.62. The monoisotopic (exact) mass is 422 g/mol. The lowest BCUT2D eigenvalue weighted by molar-refractivity contribution is -0.124. The molecule has 7 heteroatoms. The van der Waals surface area contributed by atoms with Gasteiger partial charge < -0.3 is 24.8 Å². The Morgan fingerprint density at radius 3 is 2.10 bits per heavy atom. The molecule has 0 aliphatic heterocycles. The number of rotatable bonds is 9. The quantitative estimate of drug-likeness (QED) is 0.644. The Morgan fingerprint density at radius 1 is 0.897 bits per heavy atom. The van der Waals surface area contributed by atoms with Gasteiger partial charge in [-0.25, -0.2) is 0 Å². The van der Waals surface area contributed by atoms with Crippen LogP contribution in [0.25, 0.3) is 0 Å². The molecule has 0 atom stereocenters. The molecule has 0 fully saturated rings. The average molecular weight is 423 g/mol. The Labute approximate surface area is 179 Å². The van der Waals surface area contributed by atoms with Crippen molar-refractivity contribution in [3.05, 3.63) is 53.6 Å². The van der Waals surface area contributed by atoms with E-state index in [1.807, 2.05) is 63.2 Å². The predicted octanol–water partition coefficient (Wildman–Crippen LogP) is 3.71. The molecule has 2 rings (SSSR count). The van der Waals surface area contributed by atoms with Gasteiger partial charge in [-0.15, -0.1) is 12.4 Å². The van der Waals surface area contributed by atoms with Crippen molar-refractivity contribution in [3.8, 4) is 17.2 Å². The van der Waals surface area contributed by atoms with E-state index in [1.165, 1.54) is 5.56 Å². The topological polar surface area (TPSA) is 68.8 Å². The summed E-state index contributed by atoms with van der Waals surface area (Å²) in [5, 5.41) is 6.27. The van der Waals surface area contributed by atoms with E-state index in [9.17, 15) is 4.79 Å². The van der Waals surface area contributed by atoms with Crippen molar-refractivity contribution in [2.45, 2.75) is 39.4 Å². The summed E-state index contributed by atoms with van der Waals surface area (Å²) in [4.78, 5) is 11.9. The lowest BCUT2D eigenvalue weighted by atomic mass is 10.1. The Hall–Kier alpha value is -2.44. The molecule has 0 aromatic heterocycles. The molecule has 2 aromatic carbocycles. The van der Waals surface area contributed by atoms with Gasteiger partial charge in [-0.3, -0.25) is 4.79 Å². The van der Waals surface area contributed by atoms with Crippen LogP contribution < -0.4 is 24.8 Å². The van der Waals surface area contributed by atoms with Gasteiger partial charge >= 0.3 is 0 Å². The number of hydrogen-bond acceptors (Lipinski definition) is 5. The molecule has 0 unspecified atom stereocenters. The molecule has 6 nitrogen and oxygen atoms in total. The molecule has 0 saturated carbocycles. The number of halogens is 1. The van der Waals surface area contributed by atoms with Gasteiger partial charge in [0.2, 0.25) is 0 Å². The third-order valence-corrected chi connectivity index (χ3v) is 3.92. The third-order valence-electron chi connectivity index (χ3n) is 3.92. The Kier molecular flexibility index (Phi) is 9.78. The van der Waals surface area contributed by atoms with Crippen molar-refractivity contribution in [1.82, 2.24) is 10.6 Å². The maximum Gasteiger partial charge on any atom is 0.258 e. The largest absolute Gasteiger partial charge is 0.497 e. The molecule has 0 saturated heterocycles. The minimum atomic E-state index is -0.288. The Bertz CT molecular complexity index is 773. The van der Waals surface area contributed by atoms with Gasteiger partial charge in [-0.05, 0) is 56.2 Å². The second-order valence-corrected chi connectivity index (χ2v) is 7.52. The predicted molar refractivity (Wildman–Crippen MR) is 117 cm³/mol. The van der Waals surface area contributed by atoms with Gasteiger partial charge in [0, 0.05) is 18.6 Å². The maximum atomic E-state index is 11.9. The Morgan fingerprint density at radius 2 is 1.52 bits per heavy atom. The van der Waals surface area contributed by atoms with E-state index >= 15 is 0 Å². The molecule has 0 heterocycles. The van der Waals surface area contributed by atoms with E-state index in [4.69, 9.17) is 14.2 Å². The summed E-state index contributed by atoms with van der Waals surface area (Å²) in [5.74, 6) is 1.83. The SMILES string of the molecule is COc1ccc(CNCc2ccc(OCC(=O)NC(C)(C)C)c(OC)c2)cc1.Cl. The summed E-state index contributed by atoms with van der Waals surface area (Å²) >= 11 is 0. The first-order chi connectivity index (χ1) is 13.3. The highest BCUT2D eigenvalue weighted by atomic mass is 35.5. The van der Waals surface area contributed by atoms with Crippen LogP contribution in [0, 0.1) is 0 Å². The van der Waals surface area contributed by atoms with Gasteiger partial charge in [0.15, 0.2) is 18.1 Å². The number of ether oxygens (including phenoxy) is 3. The summed E-state index contributed by atoms with van der Waals surface area (Å²) in [6.07, 6.45) is 0. The molecular weight excluding hydrogens is 392 g/mol. The number of carbonyl (C=O) groups excluding carboxylic acids is 1. The fourth-order valence-corrected chi connectivity index (χ4v) is 2.63. The molecule has 0 aliphatic carbocycles. The van der Waals surface area contributed by atoms with Crippen molar-refractivity contribution >= 4 is 18.3 Å². The highest BCUT2D eigenvalue weighted by Crippen LogP contribution is 2.28. The summed E-state index contributed by atoms with van der Waals surface area (Å²) in [6.45, 7) is 7.17. The first-order valence-corrected chi connectivity index (χ1v) is 9.25. The van der Waals surface area contributed by atoms with Crippen molar-refractivity contribution < 1.29 is 19.0 Å². The number of hydrogen-bond donors (Lipinski definition) is 2. The first-order valence-electron chi connectivity index (χ1n) is 9.25. The molecule has 160 valence electrons. The van der Waals surface area contributed by atoms with E-state index in [0.29, 0.717) is 18.0 Å². The normalized spacial score (nSPS) is 10.7.